The number of hydrogen-bond donors (Lipinski definition) is 2. The molecular formula is C24H25N3O3. The monoisotopic (exact) mass is 403 g/mol. The van der Waals surface area contributed by atoms with E-state index >= 15 is 0 Å². The number of amides is 2. The lowest BCUT2D eigenvalue weighted by molar-refractivity contribution is -0.115. The highest BCUT2D eigenvalue weighted by Crippen LogP contribution is 2.19. The van der Waals surface area contributed by atoms with Crippen LogP contribution in [0.5, 0.6) is 5.75 Å². The minimum Gasteiger partial charge on any atom is -0.494 e. The van der Waals surface area contributed by atoms with Crippen molar-refractivity contribution in [2.24, 2.45) is 0 Å². The van der Waals surface area contributed by atoms with Crippen molar-refractivity contribution >= 4 is 17.6 Å². The van der Waals surface area contributed by atoms with Crippen molar-refractivity contribution in [3.63, 3.8) is 0 Å². The number of aromatic nitrogens is 1. The number of rotatable bonds is 9. The number of unbranched alkanes of at least 4 members (excludes halogenated alkanes) is 1. The van der Waals surface area contributed by atoms with E-state index in [2.05, 4.69) is 22.5 Å². The number of pyridine rings is 1. The van der Waals surface area contributed by atoms with Crippen molar-refractivity contribution < 1.29 is 14.3 Å². The average molecular weight is 403 g/mol. The maximum absolute atomic E-state index is 12.2. The molecule has 0 bridgehead atoms. The molecule has 0 aliphatic carbocycles. The number of benzene rings is 2. The molecule has 0 spiro atoms. The lowest BCUT2D eigenvalue weighted by atomic mass is 10.1. The van der Waals surface area contributed by atoms with Gasteiger partial charge in [0.05, 0.1) is 13.2 Å². The number of carbonyl (C=O) groups excluding carboxylic acids is 2. The van der Waals surface area contributed by atoms with Gasteiger partial charge < -0.3 is 15.4 Å². The van der Waals surface area contributed by atoms with Crippen LogP contribution in [-0.4, -0.2) is 29.9 Å². The molecular weight excluding hydrogens is 378 g/mol. The van der Waals surface area contributed by atoms with Gasteiger partial charge in [0.15, 0.2) is 0 Å². The molecule has 30 heavy (non-hydrogen) atoms. The maximum atomic E-state index is 12.2. The second kappa shape index (κ2) is 10.8. The van der Waals surface area contributed by atoms with Gasteiger partial charge in [-0.15, -0.1) is 0 Å². The Balaban J connectivity index is 1.46. The van der Waals surface area contributed by atoms with Crippen LogP contribution in [0.2, 0.25) is 0 Å². The molecule has 3 rings (SSSR count). The molecule has 1 aromatic heterocycles. The Kier molecular flexibility index (Phi) is 7.55. The standard InChI is InChI=1S/C24H25N3O3/c1-2-3-15-30-21-12-9-19(10-13-21)24(29)26-17-23(28)27-22-14-11-20(16-25-22)18-7-5-4-6-8-18/h4-14,16H,2-3,15,17H2,1H3,(H,26,29)(H,25,27,28). The van der Waals surface area contributed by atoms with E-state index in [0.29, 0.717) is 18.0 Å². The predicted octanol–water partition coefficient (Wildman–Crippen LogP) is 4.30. The first-order chi connectivity index (χ1) is 14.7. The van der Waals surface area contributed by atoms with Gasteiger partial charge in [-0.2, -0.15) is 0 Å². The largest absolute Gasteiger partial charge is 0.494 e. The third-order valence-electron chi connectivity index (χ3n) is 4.43. The van der Waals surface area contributed by atoms with Gasteiger partial charge in [-0.05, 0) is 48.4 Å². The Hall–Kier alpha value is -3.67. The second-order valence-electron chi connectivity index (χ2n) is 6.76. The smallest absolute Gasteiger partial charge is 0.251 e. The van der Waals surface area contributed by atoms with Crippen LogP contribution in [0.15, 0.2) is 72.9 Å². The Morgan fingerprint density at radius 2 is 1.70 bits per heavy atom. The zero-order valence-corrected chi connectivity index (χ0v) is 16.9. The summed E-state index contributed by atoms with van der Waals surface area (Å²) in [6.07, 6.45) is 3.75. The van der Waals surface area contributed by atoms with E-state index in [0.717, 1.165) is 29.7 Å². The number of hydrogen-bond acceptors (Lipinski definition) is 4. The summed E-state index contributed by atoms with van der Waals surface area (Å²) in [6, 6.07) is 20.3. The molecule has 3 aromatic rings. The highest BCUT2D eigenvalue weighted by molar-refractivity contribution is 5.99. The van der Waals surface area contributed by atoms with Crippen LogP contribution in [0.4, 0.5) is 5.82 Å². The molecule has 154 valence electrons. The zero-order valence-electron chi connectivity index (χ0n) is 16.9. The summed E-state index contributed by atoms with van der Waals surface area (Å²) < 4.78 is 5.58. The molecule has 2 amide bonds. The normalized spacial score (nSPS) is 10.3. The van der Waals surface area contributed by atoms with E-state index in [4.69, 9.17) is 4.74 Å². The summed E-state index contributed by atoms with van der Waals surface area (Å²) in [5.74, 6) is 0.491. The van der Waals surface area contributed by atoms with Crippen LogP contribution >= 0.6 is 0 Å². The van der Waals surface area contributed by atoms with Crippen molar-refractivity contribution in [3.05, 3.63) is 78.5 Å². The topological polar surface area (TPSA) is 80.3 Å². The van der Waals surface area contributed by atoms with Gasteiger partial charge in [0, 0.05) is 17.3 Å². The highest BCUT2D eigenvalue weighted by Gasteiger charge is 2.09. The van der Waals surface area contributed by atoms with Crippen molar-refractivity contribution in [3.8, 4) is 16.9 Å². The quantitative estimate of drug-likeness (QED) is 0.522. The van der Waals surface area contributed by atoms with Gasteiger partial charge in [0.2, 0.25) is 5.91 Å². The molecule has 0 unspecified atom stereocenters. The van der Waals surface area contributed by atoms with Crippen LogP contribution in [0.1, 0.15) is 30.1 Å². The van der Waals surface area contributed by atoms with Crippen LogP contribution in [0.3, 0.4) is 0 Å². The third kappa shape index (κ3) is 6.17. The highest BCUT2D eigenvalue weighted by atomic mass is 16.5. The van der Waals surface area contributed by atoms with Crippen LogP contribution in [0, 0.1) is 0 Å². The first kappa shape index (κ1) is 21.0. The fourth-order valence-corrected chi connectivity index (χ4v) is 2.76. The number of ether oxygens (including phenoxy) is 1. The number of carbonyl (C=O) groups is 2. The van der Waals surface area contributed by atoms with Crippen molar-refractivity contribution in [2.45, 2.75) is 19.8 Å². The first-order valence-electron chi connectivity index (χ1n) is 9.98. The molecule has 2 N–H and O–H groups in total. The maximum Gasteiger partial charge on any atom is 0.251 e. The summed E-state index contributed by atoms with van der Waals surface area (Å²) in [7, 11) is 0. The van der Waals surface area contributed by atoms with Gasteiger partial charge in [0.1, 0.15) is 11.6 Å². The minimum atomic E-state index is -0.345. The Morgan fingerprint density at radius 1 is 0.933 bits per heavy atom. The van der Waals surface area contributed by atoms with E-state index < -0.39 is 0 Å². The lowest BCUT2D eigenvalue weighted by Gasteiger charge is -2.08. The number of anilines is 1. The summed E-state index contributed by atoms with van der Waals surface area (Å²) in [5.41, 5.74) is 2.48. The van der Waals surface area contributed by atoms with Gasteiger partial charge in [-0.3, -0.25) is 9.59 Å². The fourth-order valence-electron chi connectivity index (χ4n) is 2.76. The van der Waals surface area contributed by atoms with E-state index in [1.54, 1.807) is 36.5 Å². The van der Waals surface area contributed by atoms with Crippen LogP contribution in [-0.2, 0) is 4.79 Å². The zero-order chi connectivity index (χ0) is 21.2. The summed E-state index contributed by atoms with van der Waals surface area (Å²) >= 11 is 0. The Bertz CT molecular complexity index is 955. The molecule has 0 atom stereocenters. The van der Waals surface area contributed by atoms with Gasteiger partial charge in [-0.25, -0.2) is 4.98 Å². The van der Waals surface area contributed by atoms with E-state index in [-0.39, 0.29) is 18.4 Å². The van der Waals surface area contributed by atoms with E-state index in [9.17, 15) is 9.59 Å². The van der Waals surface area contributed by atoms with Gasteiger partial charge in [-0.1, -0.05) is 43.7 Å². The van der Waals surface area contributed by atoms with Crippen LogP contribution < -0.4 is 15.4 Å². The molecule has 2 aromatic carbocycles. The molecule has 0 saturated carbocycles. The van der Waals surface area contributed by atoms with Crippen LogP contribution in [0.25, 0.3) is 11.1 Å². The Labute approximate surface area is 176 Å². The SMILES string of the molecule is CCCCOc1ccc(C(=O)NCC(=O)Nc2ccc(-c3ccccc3)cn2)cc1. The van der Waals surface area contributed by atoms with Crippen molar-refractivity contribution in [1.29, 1.82) is 0 Å². The van der Waals surface area contributed by atoms with Gasteiger partial charge in [0.25, 0.3) is 5.91 Å². The summed E-state index contributed by atoms with van der Waals surface area (Å²) in [6.45, 7) is 2.61. The third-order valence-corrected chi connectivity index (χ3v) is 4.43. The molecule has 0 saturated heterocycles. The molecule has 0 aliphatic rings. The molecule has 6 nitrogen and oxygen atoms in total. The minimum absolute atomic E-state index is 0.143. The van der Waals surface area contributed by atoms with E-state index in [1.165, 1.54) is 0 Å². The lowest BCUT2D eigenvalue weighted by Crippen LogP contribution is -2.33. The second-order valence-corrected chi connectivity index (χ2v) is 6.76. The molecule has 0 aliphatic heterocycles. The summed E-state index contributed by atoms with van der Waals surface area (Å²) in [4.78, 5) is 28.6. The summed E-state index contributed by atoms with van der Waals surface area (Å²) in [5, 5.41) is 5.29. The molecule has 1 heterocycles. The van der Waals surface area contributed by atoms with E-state index in [1.807, 2.05) is 36.4 Å². The Morgan fingerprint density at radius 3 is 2.37 bits per heavy atom. The first-order valence-corrected chi connectivity index (χ1v) is 9.98. The van der Waals surface area contributed by atoms with Gasteiger partial charge >= 0.3 is 0 Å². The van der Waals surface area contributed by atoms with Crippen molar-refractivity contribution in [1.82, 2.24) is 10.3 Å². The molecule has 0 radical (unpaired) electrons. The molecule has 6 heteroatoms. The van der Waals surface area contributed by atoms with Crippen molar-refractivity contribution in [2.75, 3.05) is 18.5 Å². The number of nitrogens with one attached hydrogen (secondary N) is 2. The molecule has 0 fully saturated rings. The average Bonchev–Trinajstić information content (AvgIpc) is 2.79. The predicted molar refractivity (Wildman–Crippen MR) is 117 cm³/mol. The fraction of sp³-hybridized carbons (Fsp3) is 0.208. The number of nitrogens with zero attached hydrogens (tertiary/aromatic N) is 1.